The second kappa shape index (κ2) is 7.03. The summed E-state index contributed by atoms with van der Waals surface area (Å²) in [6.07, 6.45) is 0. The van der Waals surface area contributed by atoms with Crippen LogP contribution in [0.1, 0.15) is 6.92 Å². The maximum absolute atomic E-state index is 11.9. The van der Waals surface area contributed by atoms with Crippen molar-refractivity contribution in [2.75, 3.05) is 18.9 Å². The highest BCUT2D eigenvalue weighted by Crippen LogP contribution is 2.24. The summed E-state index contributed by atoms with van der Waals surface area (Å²) in [5.41, 5.74) is 0.984. The van der Waals surface area contributed by atoms with Crippen molar-refractivity contribution in [3.8, 4) is 5.75 Å². The van der Waals surface area contributed by atoms with E-state index in [1.807, 2.05) is 0 Å². The number of ether oxygens (including phenoxy) is 1. The van der Waals surface area contributed by atoms with Gasteiger partial charge in [0.15, 0.2) is 0 Å². The molecule has 0 aromatic heterocycles. The number of benzene rings is 1. The van der Waals surface area contributed by atoms with Crippen LogP contribution in [0.4, 0.5) is 4.79 Å². The minimum atomic E-state index is -0.425. The molecular formula is C14H16N2O4S. The Morgan fingerprint density at radius 3 is 2.76 bits per heavy atom. The van der Waals surface area contributed by atoms with Crippen molar-refractivity contribution in [1.82, 2.24) is 10.6 Å². The van der Waals surface area contributed by atoms with Gasteiger partial charge in [0.25, 0.3) is 0 Å². The average Bonchev–Trinajstić information content (AvgIpc) is 2.47. The molecule has 0 atom stereocenters. The van der Waals surface area contributed by atoms with Gasteiger partial charge < -0.3 is 20.5 Å². The van der Waals surface area contributed by atoms with Crippen LogP contribution in [0.2, 0.25) is 0 Å². The molecular weight excluding hydrogens is 292 g/mol. The number of phenols is 1. The van der Waals surface area contributed by atoms with E-state index in [1.165, 1.54) is 11.8 Å². The number of carbonyl (C=O) groups is 2. The van der Waals surface area contributed by atoms with E-state index in [-0.39, 0.29) is 24.9 Å². The number of hydrogen-bond acceptors (Lipinski definition) is 5. The van der Waals surface area contributed by atoms with E-state index in [0.29, 0.717) is 17.0 Å². The van der Waals surface area contributed by atoms with Gasteiger partial charge in [-0.05, 0) is 31.2 Å². The summed E-state index contributed by atoms with van der Waals surface area (Å²) in [5.74, 6) is 0.207. The van der Waals surface area contributed by atoms with Crippen LogP contribution in [0.3, 0.4) is 0 Å². The van der Waals surface area contributed by atoms with Gasteiger partial charge in [0.1, 0.15) is 5.75 Å². The fourth-order valence-corrected chi connectivity index (χ4v) is 2.65. The minimum absolute atomic E-state index is 0.163. The van der Waals surface area contributed by atoms with Gasteiger partial charge in [0.05, 0.1) is 18.7 Å². The van der Waals surface area contributed by atoms with Crippen LogP contribution in [0, 0.1) is 0 Å². The Labute approximate surface area is 126 Å². The zero-order valence-corrected chi connectivity index (χ0v) is 12.3. The van der Waals surface area contributed by atoms with Gasteiger partial charge in [0.2, 0.25) is 0 Å². The van der Waals surface area contributed by atoms with Crippen molar-refractivity contribution in [1.29, 1.82) is 0 Å². The summed E-state index contributed by atoms with van der Waals surface area (Å²) < 4.78 is 4.98. The van der Waals surface area contributed by atoms with Gasteiger partial charge in [-0.1, -0.05) is 0 Å². The molecule has 21 heavy (non-hydrogen) atoms. The summed E-state index contributed by atoms with van der Waals surface area (Å²) in [4.78, 5) is 24.2. The first kappa shape index (κ1) is 15.2. The van der Waals surface area contributed by atoms with E-state index >= 15 is 0 Å². The molecule has 0 saturated carbocycles. The average molecular weight is 308 g/mol. The first-order chi connectivity index (χ1) is 10.1. The molecule has 0 saturated heterocycles. The number of hydrogen-bond donors (Lipinski definition) is 3. The second-order valence-electron chi connectivity index (χ2n) is 4.27. The lowest BCUT2D eigenvalue weighted by Crippen LogP contribution is -2.44. The van der Waals surface area contributed by atoms with Gasteiger partial charge in [-0.2, -0.15) is 0 Å². The number of rotatable bonds is 5. The molecule has 1 heterocycles. The summed E-state index contributed by atoms with van der Waals surface area (Å²) >= 11 is 1.46. The lowest BCUT2D eigenvalue weighted by Gasteiger charge is -2.21. The molecule has 2 rings (SSSR count). The lowest BCUT2D eigenvalue weighted by molar-refractivity contribution is -0.138. The predicted octanol–water partition coefficient (Wildman–Crippen LogP) is 1.61. The third-order valence-corrected chi connectivity index (χ3v) is 3.83. The number of urea groups is 1. The zero-order chi connectivity index (χ0) is 15.2. The van der Waals surface area contributed by atoms with Crippen LogP contribution in [-0.4, -0.2) is 36.0 Å². The molecule has 1 aromatic rings. The molecule has 1 aliphatic heterocycles. The standard InChI is InChI=1S/C14H16N2O4S/c1-2-20-13(18)11-7-15-14(19)16-12(11)8-21-10-5-3-9(17)4-6-10/h3-6,17H,2,7-8H2,1H3,(H2,15,16,19). The maximum atomic E-state index is 11.9. The van der Waals surface area contributed by atoms with Gasteiger partial charge in [-0.15, -0.1) is 11.8 Å². The quantitative estimate of drug-likeness (QED) is 0.568. The Morgan fingerprint density at radius 2 is 2.10 bits per heavy atom. The highest BCUT2D eigenvalue weighted by atomic mass is 32.2. The number of amides is 2. The molecule has 0 fully saturated rings. The molecule has 0 bridgehead atoms. The third-order valence-electron chi connectivity index (χ3n) is 2.80. The number of aromatic hydroxyl groups is 1. The predicted molar refractivity (Wildman–Crippen MR) is 79.0 cm³/mol. The molecule has 0 aliphatic carbocycles. The molecule has 6 nitrogen and oxygen atoms in total. The number of esters is 1. The molecule has 112 valence electrons. The Morgan fingerprint density at radius 1 is 1.38 bits per heavy atom. The summed E-state index contributed by atoms with van der Waals surface area (Å²) in [5, 5.41) is 14.4. The van der Waals surface area contributed by atoms with E-state index in [0.717, 1.165) is 4.90 Å². The number of carbonyl (C=O) groups excluding carboxylic acids is 2. The van der Waals surface area contributed by atoms with E-state index in [2.05, 4.69) is 10.6 Å². The largest absolute Gasteiger partial charge is 0.508 e. The van der Waals surface area contributed by atoms with Crippen molar-refractivity contribution in [2.24, 2.45) is 0 Å². The van der Waals surface area contributed by atoms with Crippen molar-refractivity contribution in [3.63, 3.8) is 0 Å². The van der Waals surface area contributed by atoms with E-state index in [1.54, 1.807) is 31.2 Å². The SMILES string of the molecule is CCOC(=O)C1=C(CSc2ccc(O)cc2)NC(=O)NC1. The summed E-state index contributed by atoms with van der Waals surface area (Å²) in [6, 6.07) is 6.39. The van der Waals surface area contributed by atoms with E-state index < -0.39 is 5.97 Å². The fraction of sp³-hybridized carbons (Fsp3) is 0.286. The van der Waals surface area contributed by atoms with Crippen molar-refractivity contribution >= 4 is 23.8 Å². The minimum Gasteiger partial charge on any atom is -0.508 e. The van der Waals surface area contributed by atoms with E-state index in [4.69, 9.17) is 4.74 Å². The molecule has 1 aromatic carbocycles. The molecule has 3 N–H and O–H groups in total. The summed E-state index contributed by atoms with van der Waals surface area (Å²) in [6.45, 7) is 2.18. The number of phenolic OH excluding ortho intramolecular Hbond substituents is 1. The fourth-order valence-electron chi connectivity index (χ4n) is 1.77. The first-order valence-corrected chi connectivity index (χ1v) is 7.44. The Balaban J connectivity index is 2.10. The highest BCUT2D eigenvalue weighted by Gasteiger charge is 2.23. The van der Waals surface area contributed by atoms with Crippen molar-refractivity contribution in [2.45, 2.75) is 11.8 Å². The van der Waals surface area contributed by atoms with Crippen LogP contribution in [0.15, 0.2) is 40.4 Å². The topological polar surface area (TPSA) is 87.7 Å². The van der Waals surface area contributed by atoms with Crippen molar-refractivity contribution in [3.05, 3.63) is 35.5 Å². The normalized spacial score (nSPS) is 14.4. The molecule has 2 amide bonds. The maximum Gasteiger partial charge on any atom is 0.337 e. The molecule has 1 aliphatic rings. The third kappa shape index (κ3) is 4.16. The van der Waals surface area contributed by atoms with Crippen molar-refractivity contribution < 1.29 is 19.4 Å². The monoisotopic (exact) mass is 308 g/mol. The van der Waals surface area contributed by atoms with Gasteiger partial charge in [0, 0.05) is 16.3 Å². The molecule has 0 unspecified atom stereocenters. The van der Waals surface area contributed by atoms with E-state index in [9.17, 15) is 14.7 Å². The van der Waals surface area contributed by atoms with Crippen LogP contribution >= 0.6 is 11.8 Å². The van der Waals surface area contributed by atoms with Gasteiger partial charge in [-0.3, -0.25) is 0 Å². The highest BCUT2D eigenvalue weighted by molar-refractivity contribution is 7.99. The van der Waals surface area contributed by atoms with Crippen LogP contribution in [0.25, 0.3) is 0 Å². The first-order valence-electron chi connectivity index (χ1n) is 6.46. The lowest BCUT2D eigenvalue weighted by atomic mass is 10.2. The Bertz CT molecular complexity index is 569. The summed E-state index contributed by atoms with van der Waals surface area (Å²) in [7, 11) is 0. The molecule has 0 spiro atoms. The van der Waals surface area contributed by atoms with Crippen LogP contribution in [-0.2, 0) is 9.53 Å². The number of thioether (sulfide) groups is 1. The van der Waals surface area contributed by atoms with Gasteiger partial charge in [-0.25, -0.2) is 9.59 Å². The molecule has 0 radical (unpaired) electrons. The smallest absolute Gasteiger partial charge is 0.337 e. The zero-order valence-electron chi connectivity index (χ0n) is 11.5. The van der Waals surface area contributed by atoms with Crippen LogP contribution in [0.5, 0.6) is 5.75 Å². The molecule has 7 heteroatoms. The van der Waals surface area contributed by atoms with Crippen LogP contribution < -0.4 is 10.6 Å². The Hall–Kier alpha value is -2.15. The second-order valence-corrected chi connectivity index (χ2v) is 5.32. The number of nitrogens with one attached hydrogen (secondary N) is 2. The Kier molecular flexibility index (Phi) is 5.10. The van der Waals surface area contributed by atoms with Gasteiger partial charge >= 0.3 is 12.0 Å².